The highest BCUT2D eigenvalue weighted by Gasteiger charge is 2.35. The molecular formula is C63H27F3N10. The van der Waals surface area contributed by atoms with Crippen LogP contribution in [0.25, 0.3) is 99.5 Å². The second-order valence-electron chi connectivity index (χ2n) is 17.7. The van der Waals surface area contributed by atoms with Gasteiger partial charge in [0.05, 0.1) is 126 Å². The Kier molecular flexibility index (Phi) is 11.1. The van der Waals surface area contributed by atoms with E-state index in [1.165, 1.54) is 36.4 Å². The summed E-state index contributed by atoms with van der Waals surface area (Å²) in [7, 11) is 0. The molecule has 11 rings (SSSR count). The zero-order chi connectivity index (χ0) is 53.0. The topological polar surface area (TPSA) is 200 Å². The summed E-state index contributed by atoms with van der Waals surface area (Å²) < 4.78 is 49.9. The van der Waals surface area contributed by atoms with Crippen molar-refractivity contribution < 1.29 is 13.2 Å². The van der Waals surface area contributed by atoms with E-state index in [9.17, 15) is 42.1 Å². The number of fused-ring (bicyclic) bond motifs is 6. The molecule has 0 N–H and O–H groups in total. The monoisotopic (exact) mass is 980 g/mol. The predicted molar refractivity (Wildman–Crippen MR) is 280 cm³/mol. The molecule has 0 radical (unpaired) electrons. The molecule has 0 fully saturated rings. The minimum absolute atomic E-state index is 0.137. The van der Waals surface area contributed by atoms with Crippen LogP contribution in [0.15, 0.2) is 164 Å². The summed E-state index contributed by atoms with van der Waals surface area (Å²) in [6.45, 7) is 0. The van der Waals surface area contributed by atoms with Crippen LogP contribution in [0.4, 0.5) is 13.2 Å². The number of rotatable bonds is 6. The van der Waals surface area contributed by atoms with E-state index in [1.807, 2.05) is 100 Å². The minimum Gasteiger partial charge on any atom is -0.309 e. The van der Waals surface area contributed by atoms with Crippen molar-refractivity contribution in [1.29, 1.82) is 42.1 Å². The quantitative estimate of drug-likeness (QED) is 0.157. The van der Waals surface area contributed by atoms with Crippen LogP contribution in [0.3, 0.4) is 0 Å². The molecule has 0 amide bonds. The molecule has 9 aromatic carbocycles. The Bertz CT molecular complexity index is 4680. The van der Waals surface area contributed by atoms with Crippen LogP contribution in [0, 0.1) is 90.6 Å². The smallest absolute Gasteiger partial charge is 0.309 e. The van der Waals surface area contributed by atoms with E-state index < -0.39 is 11.7 Å². The molecule has 2 heterocycles. The van der Waals surface area contributed by atoms with Crippen molar-refractivity contribution in [3.05, 3.63) is 214 Å². The van der Waals surface area contributed by atoms with Crippen LogP contribution >= 0.6 is 0 Å². The Morgan fingerprint density at radius 2 is 0.776 bits per heavy atom. The van der Waals surface area contributed by atoms with Crippen molar-refractivity contribution >= 4 is 43.6 Å². The maximum absolute atomic E-state index is 15.3. The van der Waals surface area contributed by atoms with Gasteiger partial charge in [-0.05, 0) is 131 Å². The van der Waals surface area contributed by atoms with Crippen molar-refractivity contribution in [3.63, 3.8) is 0 Å². The number of hydrogen-bond donors (Lipinski definition) is 0. The molecule has 11 aromatic rings. The molecule has 350 valence electrons. The standard InChI is InChI=1S/C63H27F3N10/c64-63(65,66)55-24-37(29-68)9-14-48(55)47-15-13-46(75-56-7-3-1-5-49(56)53-25-40(11-17-58(53)75)61-42(32-71)19-38(30-69)20-43(61)33-72)27-51(47)52-23-36(28-67)10-16-59(52)76-57-8-4-2-6-50(57)54-26-41(12-18-60(54)76)62-44(34-73)21-39(31-70)22-45(62)35-74/h1-27H. The number of alkyl halides is 3. The Labute approximate surface area is 430 Å². The van der Waals surface area contributed by atoms with Crippen LogP contribution in [-0.2, 0) is 6.18 Å². The van der Waals surface area contributed by atoms with E-state index in [0.29, 0.717) is 72.2 Å². The van der Waals surface area contributed by atoms with Gasteiger partial charge < -0.3 is 9.13 Å². The van der Waals surface area contributed by atoms with E-state index in [4.69, 9.17) is 0 Å². The molecule has 0 spiro atoms. The molecular weight excluding hydrogens is 954 g/mol. The number of nitrogens with zero attached hydrogens (tertiary/aromatic N) is 10. The Morgan fingerprint density at radius 1 is 0.329 bits per heavy atom. The van der Waals surface area contributed by atoms with Gasteiger partial charge in [-0.15, -0.1) is 0 Å². The van der Waals surface area contributed by atoms with E-state index in [-0.39, 0.29) is 55.6 Å². The summed E-state index contributed by atoms with van der Waals surface area (Å²) >= 11 is 0. The molecule has 13 heteroatoms. The van der Waals surface area contributed by atoms with Gasteiger partial charge >= 0.3 is 6.18 Å². The highest BCUT2D eigenvalue weighted by Crippen LogP contribution is 2.47. The fourth-order valence-corrected chi connectivity index (χ4v) is 10.4. The third-order valence-corrected chi connectivity index (χ3v) is 13.6. The van der Waals surface area contributed by atoms with Crippen molar-refractivity contribution in [2.24, 2.45) is 0 Å². The van der Waals surface area contributed by atoms with Crippen LogP contribution in [0.5, 0.6) is 0 Å². The molecule has 0 saturated heterocycles. The number of nitriles is 8. The van der Waals surface area contributed by atoms with Crippen LogP contribution < -0.4 is 0 Å². The maximum atomic E-state index is 15.3. The van der Waals surface area contributed by atoms with Gasteiger partial charge in [0.1, 0.15) is 0 Å². The summed E-state index contributed by atoms with van der Waals surface area (Å²) in [4.78, 5) is 0. The molecule has 0 aliphatic carbocycles. The largest absolute Gasteiger partial charge is 0.417 e. The molecule has 2 aromatic heterocycles. The van der Waals surface area contributed by atoms with Gasteiger partial charge in [0.25, 0.3) is 0 Å². The first-order valence-corrected chi connectivity index (χ1v) is 23.1. The van der Waals surface area contributed by atoms with Gasteiger partial charge in [-0.3, -0.25) is 0 Å². The van der Waals surface area contributed by atoms with E-state index in [1.54, 1.807) is 48.5 Å². The summed E-state index contributed by atoms with van der Waals surface area (Å²) in [6, 6.07) is 61.9. The average molecular weight is 981 g/mol. The first kappa shape index (κ1) is 46.7. The zero-order valence-electron chi connectivity index (χ0n) is 39.2. The van der Waals surface area contributed by atoms with Crippen molar-refractivity contribution in [2.75, 3.05) is 0 Å². The Morgan fingerprint density at radius 3 is 1.28 bits per heavy atom. The predicted octanol–water partition coefficient (Wildman–Crippen LogP) is 14.5. The normalized spacial score (nSPS) is 11.0. The Balaban J connectivity index is 1.21. The number of aromatic nitrogens is 2. The third-order valence-electron chi connectivity index (χ3n) is 13.6. The SMILES string of the molecule is N#Cc1cc(C#N)c(-c2ccc3c(c2)c2ccccc2n3-c2ccc(-c3ccc(C#N)cc3C(F)(F)F)c(-c3cc(C#N)ccc3-n3c4ccccc4c4cc(-c5c(C#N)cc(C#N)cc5C#N)ccc43)c2)c(C#N)c1. The molecule has 10 nitrogen and oxygen atoms in total. The van der Waals surface area contributed by atoms with Crippen molar-refractivity contribution in [2.45, 2.75) is 6.18 Å². The van der Waals surface area contributed by atoms with E-state index >= 15 is 13.2 Å². The van der Waals surface area contributed by atoms with Crippen molar-refractivity contribution in [1.82, 2.24) is 9.13 Å². The Hall–Kier alpha value is -11.7. The lowest BCUT2D eigenvalue weighted by molar-refractivity contribution is -0.137. The lowest BCUT2D eigenvalue weighted by Gasteiger charge is -2.21. The van der Waals surface area contributed by atoms with Crippen LogP contribution in [0.1, 0.15) is 50.1 Å². The summed E-state index contributed by atoms with van der Waals surface area (Å²) in [6.07, 6.45) is -4.90. The van der Waals surface area contributed by atoms with Gasteiger partial charge in [-0.25, -0.2) is 0 Å². The minimum atomic E-state index is -4.90. The summed E-state index contributed by atoms with van der Waals surface area (Å²) in [5, 5.41) is 83.4. The molecule has 0 aliphatic heterocycles. The van der Waals surface area contributed by atoms with Gasteiger partial charge in [-0.2, -0.15) is 55.3 Å². The molecule has 0 saturated carbocycles. The fraction of sp³-hybridized carbons (Fsp3) is 0.0159. The molecule has 0 unspecified atom stereocenters. The maximum Gasteiger partial charge on any atom is 0.417 e. The van der Waals surface area contributed by atoms with Gasteiger partial charge in [0.2, 0.25) is 0 Å². The number of para-hydroxylation sites is 2. The lowest BCUT2D eigenvalue weighted by atomic mass is 9.89. The molecule has 76 heavy (non-hydrogen) atoms. The van der Waals surface area contributed by atoms with E-state index in [2.05, 4.69) is 30.3 Å². The highest BCUT2D eigenvalue weighted by atomic mass is 19.4. The van der Waals surface area contributed by atoms with Gasteiger partial charge in [0.15, 0.2) is 0 Å². The molecule has 0 bridgehead atoms. The summed E-state index contributed by atoms with van der Waals surface area (Å²) in [5.74, 6) is 0. The summed E-state index contributed by atoms with van der Waals surface area (Å²) in [5.41, 5.74) is 6.01. The average Bonchev–Trinajstić information content (AvgIpc) is 3.99. The van der Waals surface area contributed by atoms with Crippen LogP contribution in [-0.4, -0.2) is 9.13 Å². The van der Waals surface area contributed by atoms with E-state index in [0.717, 1.165) is 22.2 Å². The zero-order valence-corrected chi connectivity index (χ0v) is 39.2. The van der Waals surface area contributed by atoms with Crippen LogP contribution in [0.2, 0.25) is 0 Å². The highest BCUT2D eigenvalue weighted by molar-refractivity contribution is 6.13. The lowest BCUT2D eigenvalue weighted by Crippen LogP contribution is -2.08. The number of benzene rings is 9. The number of hydrogen-bond acceptors (Lipinski definition) is 8. The molecule has 0 aliphatic rings. The second kappa shape index (κ2) is 18.2. The third kappa shape index (κ3) is 7.44. The fourth-order valence-electron chi connectivity index (χ4n) is 10.4. The first-order valence-electron chi connectivity index (χ1n) is 23.1. The van der Waals surface area contributed by atoms with Crippen molar-refractivity contribution in [3.8, 4) is 104 Å². The van der Waals surface area contributed by atoms with Gasteiger partial charge in [0, 0.05) is 43.9 Å². The second-order valence-corrected chi connectivity index (χ2v) is 17.7. The first-order chi connectivity index (χ1) is 36.9. The van der Waals surface area contributed by atoms with Gasteiger partial charge in [-0.1, -0.05) is 60.7 Å². The number of halogens is 3. The molecule has 0 atom stereocenters.